The topological polar surface area (TPSA) is 58.3 Å². The number of rotatable bonds is 2. The Labute approximate surface area is 161 Å². The molecule has 128 valence electrons. The van der Waals surface area contributed by atoms with Crippen LogP contribution in [0.25, 0.3) is 17.1 Å². The first kappa shape index (κ1) is 19.0. The predicted molar refractivity (Wildman–Crippen MR) is 94.9 cm³/mol. The van der Waals surface area contributed by atoms with Gasteiger partial charge in [-0.05, 0) is 53.2 Å². The summed E-state index contributed by atoms with van der Waals surface area (Å²) in [6.07, 6.45) is 0. The van der Waals surface area contributed by atoms with Gasteiger partial charge >= 0.3 is 5.82 Å². The summed E-state index contributed by atoms with van der Waals surface area (Å²) < 4.78 is 0. The van der Waals surface area contributed by atoms with Crippen LogP contribution in [0.3, 0.4) is 0 Å². The number of nitrogens with zero attached hydrogens (tertiary/aromatic N) is 4. The summed E-state index contributed by atoms with van der Waals surface area (Å²) in [6.45, 7) is 4.10. The molecule has 0 aliphatic rings. The molecule has 0 saturated heterocycles. The SMILES string of the molecule is Cc1ncsc1C.[Br-].c1ccc(-c2n[nH][n+](-c3ccccc3)n2)cc1. The van der Waals surface area contributed by atoms with Gasteiger partial charge in [0.1, 0.15) is 0 Å². The van der Waals surface area contributed by atoms with Crippen molar-refractivity contribution in [2.45, 2.75) is 13.8 Å². The first-order valence-electron chi connectivity index (χ1n) is 7.56. The zero-order valence-corrected chi connectivity index (χ0v) is 16.3. The first-order valence-corrected chi connectivity index (χ1v) is 8.44. The normalized spacial score (nSPS) is 9.68. The van der Waals surface area contributed by atoms with Crippen molar-refractivity contribution in [3.63, 3.8) is 0 Å². The number of aromatic amines is 1. The second-order valence-electron chi connectivity index (χ2n) is 5.14. The second-order valence-corrected chi connectivity index (χ2v) is 6.20. The highest BCUT2D eigenvalue weighted by Gasteiger charge is 2.14. The number of aromatic nitrogens is 5. The fourth-order valence-electron chi connectivity index (χ4n) is 1.99. The van der Waals surface area contributed by atoms with E-state index in [1.54, 1.807) is 16.1 Å². The minimum atomic E-state index is 0. The number of hydrogen-bond donors (Lipinski definition) is 1. The average molecular weight is 416 g/mol. The number of thiazole rings is 1. The van der Waals surface area contributed by atoms with Crippen LogP contribution in [0, 0.1) is 13.8 Å². The minimum absolute atomic E-state index is 0. The van der Waals surface area contributed by atoms with Crippen LogP contribution in [0.5, 0.6) is 0 Å². The Morgan fingerprint density at radius 2 is 1.56 bits per heavy atom. The lowest BCUT2D eigenvalue weighted by Crippen LogP contribution is -3.00. The number of H-pyrrole nitrogens is 1. The van der Waals surface area contributed by atoms with Gasteiger partial charge in [0.2, 0.25) is 0 Å². The molecule has 0 unspecified atom stereocenters. The van der Waals surface area contributed by atoms with Gasteiger partial charge in [0.05, 0.1) is 21.9 Å². The highest BCUT2D eigenvalue weighted by Crippen LogP contribution is 2.11. The number of para-hydroxylation sites is 1. The lowest BCUT2D eigenvalue weighted by Gasteiger charge is -1.89. The van der Waals surface area contributed by atoms with Gasteiger partial charge in [0.25, 0.3) is 0 Å². The molecule has 0 bridgehead atoms. The average Bonchev–Trinajstić information content (AvgIpc) is 3.27. The van der Waals surface area contributed by atoms with Gasteiger partial charge in [-0.3, -0.25) is 0 Å². The Hall–Kier alpha value is -2.38. The molecule has 0 amide bonds. The maximum Gasteiger partial charge on any atom is 0.339 e. The second kappa shape index (κ2) is 9.19. The van der Waals surface area contributed by atoms with Gasteiger partial charge in [-0.2, -0.15) is 0 Å². The van der Waals surface area contributed by atoms with E-state index in [2.05, 4.69) is 27.3 Å². The Morgan fingerprint density at radius 1 is 0.920 bits per heavy atom. The van der Waals surface area contributed by atoms with E-state index < -0.39 is 0 Å². The molecule has 2 heterocycles. The maximum atomic E-state index is 4.40. The van der Waals surface area contributed by atoms with E-state index in [-0.39, 0.29) is 17.0 Å². The van der Waals surface area contributed by atoms with Crippen LogP contribution in [-0.2, 0) is 0 Å². The molecule has 0 atom stereocenters. The van der Waals surface area contributed by atoms with Crippen molar-refractivity contribution in [3.05, 3.63) is 76.7 Å². The zero-order valence-electron chi connectivity index (χ0n) is 13.9. The molecule has 4 aromatic rings. The third kappa shape index (κ3) is 5.04. The van der Waals surface area contributed by atoms with E-state index in [0.29, 0.717) is 5.82 Å². The van der Waals surface area contributed by atoms with Crippen LogP contribution in [0.1, 0.15) is 10.6 Å². The molecular formula is C18H18BrN5S. The molecule has 0 aliphatic carbocycles. The quantitative estimate of drug-likeness (QED) is 0.485. The number of halogens is 1. The lowest BCUT2D eigenvalue weighted by atomic mass is 10.2. The van der Waals surface area contributed by atoms with Gasteiger partial charge in [0, 0.05) is 4.88 Å². The summed E-state index contributed by atoms with van der Waals surface area (Å²) in [6, 6.07) is 19.7. The van der Waals surface area contributed by atoms with Crippen molar-refractivity contribution >= 4 is 11.3 Å². The van der Waals surface area contributed by atoms with Crippen LogP contribution >= 0.6 is 11.3 Å². The van der Waals surface area contributed by atoms with Gasteiger partial charge in [-0.15, -0.1) is 11.3 Å². The van der Waals surface area contributed by atoms with E-state index in [1.165, 1.54) is 4.88 Å². The first-order chi connectivity index (χ1) is 11.7. The molecule has 0 aliphatic heterocycles. The summed E-state index contributed by atoms with van der Waals surface area (Å²) in [7, 11) is 0. The van der Waals surface area contributed by atoms with Crippen LogP contribution in [-0.4, -0.2) is 20.4 Å². The van der Waals surface area contributed by atoms with Gasteiger partial charge in [-0.1, -0.05) is 36.4 Å². The summed E-state index contributed by atoms with van der Waals surface area (Å²) in [5.74, 6) is 0.689. The van der Waals surface area contributed by atoms with E-state index >= 15 is 0 Å². The highest BCUT2D eigenvalue weighted by molar-refractivity contribution is 7.09. The fraction of sp³-hybridized carbons (Fsp3) is 0.111. The van der Waals surface area contributed by atoms with E-state index in [0.717, 1.165) is 16.9 Å². The van der Waals surface area contributed by atoms with Gasteiger partial charge < -0.3 is 17.0 Å². The summed E-state index contributed by atoms with van der Waals surface area (Å²) in [5.41, 5.74) is 4.98. The van der Waals surface area contributed by atoms with Crippen molar-refractivity contribution in [1.29, 1.82) is 0 Å². The van der Waals surface area contributed by atoms with Crippen molar-refractivity contribution in [2.24, 2.45) is 0 Å². The summed E-state index contributed by atoms with van der Waals surface area (Å²) in [4.78, 5) is 7.01. The Kier molecular flexibility index (Phi) is 6.97. The highest BCUT2D eigenvalue weighted by atomic mass is 79.9. The van der Waals surface area contributed by atoms with Crippen molar-refractivity contribution < 1.29 is 21.8 Å². The number of hydrogen-bond acceptors (Lipinski definition) is 4. The number of aryl methyl sites for hydroxylation is 2. The van der Waals surface area contributed by atoms with Crippen molar-refractivity contribution in [3.8, 4) is 17.1 Å². The Bertz CT molecular complexity index is 820. The van der Waals surface area contributed by atoms with Crippen LogP contribution in [0.15, 0.2) is 66.2 Å². The molecule has 0 radical (unpaired) electrons. The maximum absolute atomic E-state index is 4.40. The summed E-state index contributed by atoms with van der Waals surface area (Å²) >= 11 is 1.69. The van der Waals surface area contributed by atoms with E-state index in [1.807, 2.05) is 73.1 Å². The zero-order chi connectivity index (χ0) is 16.8. The van der Waals surface area contributed by atoms with Gasteiger partial charge in [-0.25, -0.2) is 4.98 Å². The molecule has 0 spiro atoms. The van der Waals surface area contributed by atoms with Crippen LogP contribution in [0.4, 0.5) is 0 Å². The third-order valence-corrected chi connectivity index (χ3v) is 4.32. The number of tetrazole rings is 1. The van der Waals surface area contributed by atoms with Crippen molar-refractivity contribution in [1.82, 2.24) is 20.4 Å². The molecule has 0 saturated carbocycles. The molecule has 4 rings (SSSR count). The largest absolute Gasteiger partial charge is 1.00 e. The smallest absolute Gasteiger partial charge is 0.339 e. The van der Waals surface area contributed by atoms with Crippen molar-refractivity contribution in [2.75, 3.05) is 0 Å². The minimum Gasteiger partial charge on any atom is -1.00 e. The Morgan fingerprint density at radius 3 is 2.08 bits per heavy atom. The fourth-order valence-corrected chi connectivity index (χ4v) is 2.58. The lowest BCUT2D eigenvalue weighted by molar-refractivity contribution is -0.716. The number of benzene rings is 2. The summed E-state index contributed by atoms with van der Waals surface area (Å²) in [5, 5.41) is 11.5. The standard InChI is InChI=1S/C13H10N4.C5H7NS.BrH/c1-3-7-11(8-4-1)13-14-16-17(15-13)12-9-5-2-6-10-12;1-4-5(2)7-3-6-4;/h1-10H;3H,1-2H3;1H. The molecule has 5 nitrogen and oxygen atoms in total. The molecular weight excluding hydrogens is 398 g/mol. The van der Waals surface area contributed by atoms with Gasteiger partial charge in [0.15, 0.2) is 5.69 Å². The molecule has 0 fully saturated rings. The monoisotopic (exact) mass is 415 g/mol. The Balaban J connectivity index is 0.000000240. The van der Waals surface area contributed by atoms with Crippen LogP contribution < -0.4 is 21.8 Å². The van der Waals surface area contributed by atoms with E-state index in [9.17, 15) is 0 Å². The molecule has 2 aromatic carbocycles. The molecule has 25 heavy (non-hydrogen) atoms. The molecule has 7 heteroatoms. The van der Waals surface area contributed by atoms with E-state index in [4.69, 9.17) is 0 Å². The molecule has 1 N–H and O–H groups in total. The number of nitrogens with one attached hydrogen (secondary N) is 1. The van der Waals surface area contributed by atoms with Crippen LogP contribution in [0.2, 0.25) is 0 Å². The molecule has 2 aromatic heterocycles. The third-order valence-electron chi connectivity index (χ3n) is 3.46. The predicted octanol–water partition coefficient (Wildman–Crippen LogP) is 0.512.